The lowest BCUT2D eigenvalue weighted by Crippen LogP contribution is -2.09. The van der Waals surface area contributed by atoms with Crippen LogP contribution in [0, 0.1) is 12.7 Å². The van der Waals surface area contributed by atoms with Gasteiger partial charge >= 0.3 is 6.18 Å². The molecule has 94 valence electrons. The van der Waals surface area contributed by atoms with Gasteiger partial charge in [0.15, 0.2) is 11.6 Å². The largest absolute Gasteiger partial charge is 0.433 e. The molecule has 0 unspecified atom stereocenters. The van der Waals surface area contributed by atoms with Gasteiger partial charge in [0.25, 0.3) is 0 Å². The van der Waals surface area contributed by atoms with Gasteiger partial charge in [0.05, 0.1) is 12.4 Å². The molecule has 0 aromatic carbocycles. The van der Waals surface area contributed by atoms with Gasteiger partial charge in [0, 0.05) is 11.3 Å². The van der Waals surface area contributed by atoms with Gasteiger partial charge in [-0.1, -0.05) is 0 Å². The van der Waals surface area contributed by atoms with Crippen LogP contribution in [0.15, 0.2) is 24.5 Å². The van der Waals surface area contributed by atoms with E-state index in [1.807, 2.05) is 0 Å². The van der Waals surface area contributed by atoms with Crippen LogP contribution in [-0.2, 0) is 6.18 Å². The van der Waals surface area contributed by atoms with Crippen molar-refractivity contribution >= 4 is 0 Å². The van der Waals surface area contributed by atoms with Crippen LogP contribution in [0.4, 0.5) is 17.6 Å². The van der Waals surface area contributed by atoms with E-state index in [9.17, 15) is 17.6 Å². The Hall–Kier alpha value is -2.05. The second-order valence-electron chi connectivity index (χ2n) is 3.55. The lowest BCUT2D eigenvalue weighted by atomic mass is 10.1. The number of pyridine rings is 1. The number of nitrogens with zero attached hydrogens (tertiary/aromatic N) is 3. The van der Waals surface area contributed by atoms with Crippen LogP contribution >= 0.6 is 0 Å². The predicted octanol–water partition coefficient (Wildman–Crippen LogP) is 3.00. The Labute approximate surface area is 99.5 Å². The fourth-order valence-corrected chi connectivity index (χ4v) is 1.41. The van der Waals surface area contributed by atoms with E-state index in [0.717, 1.165) is 18.5 Å². The SMILES string of the molecule is Cc1nc(C(F)(F)F)ccc1-c1ncc(F)cn1. The first-order valence-electron chi connectivity index (χ1n) is 4.90. The third-order valence-electron chi connectivity index (χ3n) is 2.24. The molecule has 0 fully saturated rings. The zero-order valence-electron chi connectivity index (χ0n) is 9.16. The summed E-state index contributed by atoms with van der Waals surface area (Å²) in [5, 5.41) is 0. The summed E-state index contributed by atoms with van der Waals surface area (Å²) in [5.74, 6) is -0.480. The Morgan fingerprint density at radius 2 is 1.67 bits per heavy atom. The monoisotopic (exact) mass is 257 g/mol. The van der Waals surface area contributed by atoms with Gasteiger partial charge < -0.3 is 0 Å². The van der Waals surface area contributed by atoms with Crippen molar-refractivity contribution in [3.8, 4) is 11.4 Å². The molecule has 0 N–H and O–H groups in total. The summed E-state index contributed by atoms with van der Waals surface area (Å²) >= 11 is 0. The van der Waals surface area contributed by atoms with Crippen LogP contribution in [0.5, 0.6) is 0 Å². The minimum Gasteiger partial charge on any atom is -0.248 e. The molecule has 0 saturated carbocycles. The van der Waals surface area contributed by atoms with Crippen LogP contribution in [0.2, 0.25) is 0 Å². The predicted molar refractivity (Wildman–Crippen MR) is 55.0 cm³/mol. The maximum absolute atomic E-state index is 12.6. The molecule has 3 nitrogen and oxygen atoms in total. The van der Waals surface area contributed by atoms with Gasteiger partial charge in [-0.05, 0) is 19.1 Å². The summed E-state index contributed by atoms with van der Waals surface area (Å²) in [6.07, 6.45) is -2.61. The molecule has 18 heavy (non-hydrogen) atoms. The minimum atomic E-state index is -4.49. The van der Waals surface area contributed by atoms with Gasteiger partial charge in [-0.3, -0.25) is 0 Å². The highest BCUT2D eigenvalue weighted by atomic mass is 19.4. The molecule has 2 rings (SSSR count). The van der Waals surface area contributed by atoms with Gasteiger partial charge in [-0.25, -0.2) is 19.3 Å². The number of aryl methyl sites for hydroxylation is 1. The molecular weight excluding hydrogens is 250 g/mol. The van der Waals surface area contributed by atoms with E-state index in [1.54, 1.807) is 0 Å². The molecule has 0 amide bonds. The molecule has 0 radical (unpaired) electrons. The number of aromatic nitrogens is 3. The lowest BCUT2D eigenvalue weighted by molar-refractivity contribution is -0.141. The first kappa shape index (κ1) is 12.4. The summed E-state index contributed by atoms with van der Waals surface area (Å²) in [4.78, 5) is 10.8. The van der Waals surface area contributed by atoms with Crippen LogP contribution in [0.25, 0.3) is 11.4 Å². The minimum absolute atomic E-state index is 0.134. The highest BCUT2D eigenvalue weighted by Crippen LogP contribution is 2.29. The summed E-state index contributed by atoms with van der Waals surface area (Å²) < 4.78 is 49.9. The van der Waals surface area contributed by atoms with E-state index < -0.39 is 17.7 Å². The Kier molecular flexibility index (Phi) is 2.98. The summed E-state index contributed by atoms with van der Waals surface area (Å²) in [7, 11) is 0. The second kappa shape index (κ2) is 4.32. The standard InChI is InChI=1S/C11H7F4N3/c1-6-8(10-16-4-7(12)5-17-10)2-3-9(18-6)11(13,14)15/h2-5H,1H3. The zero-order chi connectivity index (χ0) is 13.3. The molecule has 2 heterocycles. The molecule has 0 aliphatic heterocycles. The smallest absolute Gasteiger partial charge is 0.248 e. The molecule has 0 aliphatic rings. The van der Waals surface area contributed by atoms with Gasteiger partial charge in [-0.15, -0.1) is 0 Å². The first-order valence-corrected chi connectivity index (χ1v) is 4.90. The summed E-state index contributed by atoms with van der Waals surface area (Å²) in [6, 6.07) is 2.06. The van der Waals surface area contributed by atoms with E-state index in [0.29, 0.717) is 5.56 Å². The van der Waals surface area contributed by atoms with E-state index in [-0.39, 0.29) is 11.5 Å². The van der Waals surface area contributed by atoms with Crippen molar-refractivity contribution in [3.63, 3.8) is 0 Å². The second-order valence-corrected chi connectivity index (χ2v) is 3.55. The normalized spacial score (nSPS) is 11.6. The number of hydrogen-bond donors (Lipinski definition) is 0. The fourth-order valence-electron chi connectivity index (χ4n) is 1.41. The molecular formula is C11H7F4N3. The Morgan fingerprint density at radius 1 is 1.06 bits per heavy atom. The van der Waals surface area contributed by atoms with Crippen molar-refractivity contribution in [2.45, 2.75) is 13.1 Å². The molecule has 0 saturated heterocycles. The number of hydrogen-bond acceptors (Lipinski definition) is 3. The van der Waals surface area contributed by atoms with E-state index in [4.69, 9.17) is 0 Å². The number of rotatable bonds is 1. The molecule has 2 aromatic rings. The highest BCUT2D eigenvalue weighted by molar-refractivity contribution is 5.57. The van der Waals surface area contributed by atoms with Gasteiger partial charge in [-0.2, -0.15) is 13.2 Å². The molecule has 7 heteroatoms. The Bertz CT molecular complexity index is 563. The van der Waals surface area contributed by atoms with Crippen molar-refractivity contribution in [2.24, 2.45) is 0 Å². The van der Waals surface area contributed by atoms with Crippen molar-refractivity contribution in [1.29, 1.82) is 0 Å². The maximum atomic E-state index is 12.6. The third-order valence-corrected chi connectivity index (χ3v) is 2.24. The van der Waals surface area contributed by atoms with E-state index in [1.165, 1.54) is 13.0 Å². The van der Waals surface area contributed by atoms with Crippen LogP contribution in [0.3, 0.4) is 0 Å². The van der Waals surface area contributed by atoms with Crippen molar-refractivity contribution in [1.82, 2.24) is 15.0 Å². The average Bonchev–Trinajstić information content (AvgIpc) is 2.29. The fraction of sp³-hybridized carbons (Fsp3) is 0.182. The van der Waals surface area contributed by atoms with Crippen LogP contribution in [0.1, 0.15) is 11.4 Å². The van der Waals surface area contributed by atoms with Crippen molar-refractivity contribution in [2.75, 3.05) is 0 Å². The topological polar surface area (TPSA) is 38.7 Å². The quantitative estimate of drug-likeness (QED) is 0.737. The molecule has 0 atom stereocenters. The zero-order valence-corrected chi connectivity index (χ0v) is 9.16. The molecule has 2 aromatic heterocycles. The van der Waals surface area contributed by atoms with Crippen LogP contribution < -0.4 is 0 Å². The highest BCUT2D eigenvalue weighted by Gasteiger charge is 2.32. The maximum Gasteiger partial charge on any atom is 0.433 e. The summed E-state index contributed by atoms with van der Waals surface area (Å²) in [5.41, 5.74) is -0.509. The van der Waals surface area contributed by atoms with Crippen molar-refractivity contribution < 1.29 is 17.6 Å². The van der Waals surface area contributed by atoms with Gasteiger partial charge in [0.1, 0.15) is 5.69 Å². The summed E-state index contributed by atoms with van der Waals surface area (Å²) in [6.45, 7) is 1.41. The van der Waals surface area contributed by atoms with E-state index in [2.05, 4.69) is 15.0 Å². The Balaban J connectivity index is 2.45. The number of halogens is 4. The van der Waals surface area contributed by atoms with Crippen molar-refractivity contribution in [3.05, 3.63) is 41.7 Å². The molecule has 0 bridgehead atoms. The molecule has 0 aliphatic carbocycles. The molecule has 0 spiro atoms. The lowest BCUT2D eigenvalue weighted by Gasteiger charge is -2.09. The average molecular weight is 257 g/mol. The van der Waals surface area contributed by atoms with Crippen LogP contribution in [-0.4, -0.2) is 15.0 Å². The first-order chi connectivity index (χ1) is 8.38. The van der Waals surface area contributed by atoms with E-state index >= 15 is 0 Å². The third kappa shape index (κ3) is 2.44. The van der Waals surface area contributed by atoms with Gasteiger partial charge in [0.2, 0.25) is 0 Å². The Morgan fingerprint density at radius 3 is 2.17 bits per heavy atom. The number of alkyl halides is 3.